The number of carbonyl (C=O) groups is 1. The third kappa shape index (κ3) is 4.57. The van der Waals surface area contributed by atoms with Gasteiger partial charge in [0.15, 0.2) is 0 Å². The van der Waals surface area contributed by atoms with Gasteiger partial charge in [0.1, 0.15) is 11.6 Å². The third-order valence-corrected chi connectivity index (χ3v) is 3.44. The number of alkyl halides is 3. The summed E-state index contributed by atoms with van der Waals surface area (Å²) in [4.78, 5) is 15.3. The Kier molecular flexibility index (Phi) is 4.64. The molecule has 8 heteroatoms. The fourth-order valence-corrected chi connectivity index (χ4v) is 2.41. The molecule has 4 nitrogen and oxygen atoms in total. The summed E-state index contributed by atoms with van der Waals surface area (Å²) < 4.78 is 50.6. The van der Waals surface area contributed by atoms with Gasteiger partial charge in [-0.3, -0.25) is 5.32 Å². The molecule has 1 aliphatic rings. The van der Waals surface area contributed by atoms with Gasteiger partial charge in [0.25, 0.3) is 0 Å². The summed E-state index contributed by atoms with van der Waals surface area (Å²) in [6, 6.07) is 1.24. The highest BCUT2D eigenvalue weighted by molar-refractivity contribution is 5.88. The van der Waals surface area contributed by atoms with Gasteiger partial charge in [-0.25, -0.2) is 14.2 Å². The molecule has 116 valence electrons. The van der Waals surface area contributed by atoms with E-state index in [9.17, 15) is 22.4 Å². The van der Waals surface area contributed by atoms with Gasteiger partial charge < -0.3 is 5.32 Å². The van der Waals surface area contributed by atoms with Crippen molar-refractivity contribution in [1.29, 1.82) is 0 Å². The summed E-state index contributed by atoms with van der Waals surface area (Å²) in [6.45, 7) is 0. The molecule has 2 rings (SSSR count). The molecule has 21 heavy (non-hydrogen) atoms. The molecule has 0 saturated heterocycles. The smallest absolute Gasteiger partial charge is 0.335 e. The second kappa shape index (κ2) is 6.28. The molecule has 0 radical (unpaired) electrons. The van der Waals surface area contributed by atoms with Crippen LogP contribution in [0.15, 0.2) is 18.3 Å². The molecule has 2 amide bonds. The van der Waals surface area contributed by atoms with Crippen molar-refractivity contribution >= 4 is 11.8 Å². The average molecular weight is 305 g/mol. The maximum absolute atomic E-state index is 12.7. The fraction of sp³-hybridized carbons (Fsp3) is 0.538. The molecule has 1 heterocycles. The van der Waals surface area contributed by atoms with E-state index in [4.69, 9.17) is 0 Å². The van der Waals surface area contributed by atoms with Crippen LogP contribution in [0.2, 0.25) is 0 Å². The molecule has 2 atom stereocenters. The maximum atomic E-state index is 12.7. The van der Waals surface area contributed by atoms with Crippen LogP contribution < -0.4 is 10.6 Å². The number of amides is 2. The molecule has 0 spiro atoms. The number of hydrogen-bond donors (Lipinski definition) is 2. The fourth-order valence-electron chi connectivity index (χ4n) is 2.41. The standard InChI is InChI=1S/C13H15F4N3O/c14-9-4-5-11(18-7-9)20-12(21)19-10-3-1-2-8(6-10)13(15,16)17/h4-5,7-8,10H,1-3,6H2,(H2,18,19,20,21)/t8-,10-/m0/s1. The molecule has 1 saturated carbocycles. The molecule has 2 N–H and O–H groups in total. The Balaban J connectivity index is 1.86. The number of nitrogens with zero attached hydrogens (tertiary/aromatic N) is 1. The zero-order chi connectivity index (χ0) is 15.5. The summed E-state index contributed by atoms with van der Waals surface area (Å²) in [5, 5.41) is 4.86. The number of urea groups is 1. The van der Waals surface area contributed by atoms with Crippen molar-refractivity contribution in [2.45, 2.75) is 37.9 Å². The first-order valence-electron chi connectivity index (χ1n) is 6.60. The zero-order valence-corrected chi connectivity index (χ0v) is 11.1. The van der Waals surface area contributed by atoms with Crippen LogP contribution in [0.1, 0.15) is 25.7 Å². The molecule has 0 aromatic carbocycles. The highest BCUT2D eigenvalue weighted by Gasteiger charge is 2.42. The Morgan fingerprint density at radius 1 is 1.29 bits per heavy atom. The van der Waals surface area contributed by atoms with E-state index in [2.05, 4.69) is 15.6 Å². The summed E-state index contributed by atoms with van der Waals surface area (Å²) in [7, 11) is 0. The number of anilines is 1. The molecular formula is C13H15F4N3O. The van der Waals surface area contributed by atoms with Crippen molar-refractivity contribution < 1.29 is 22.4 Å². The Hall–Kier alpha value is -1.86. The van der Waals surface area contributed by atoms with Crippen LogP contribution >= 0.6 is 0 Å². The highest BCUT2D eigenvalue weighted by Crippen LogP contribution is 2.37. The van der Waals surface area contributed by atoms with Crippen molar-refractivity contribution in [1.82, 2.24) is 10.3 Å². The molecule has 1 aromatic heterocycles. The van der Waals surface area contributed by atoms with Crippen LogP contribution in [-0.4, -0.2) is 23.2 Å². The van der Waals surface area contributed by atoms with Crippen LogP contribution in [-0.2, 0) is 0 Å². The molecular weight excluding hydrogens is 290 g/mol. The number of nitrogens with one attached hydrogen (secondary N) is 2. The van der Waals surface area contributed by atoms with E-state index in [0.29, 0.717) is 12.8 Å². The molecule has 1 aliphatic carbocycles. The van der Waals surface area contributed by atoms with E-state index in [1.807, 2.05) is 0 Å². The SMILES string of the molecule is O=C(Nc1ccc(F)cn1)N[C@H]1CCC[C@H](C(F)(F)F)C1. The second-order valence-electron chi connectivity index (χ2n) is 5.06. The monoisotopic (exact) mass is 305 g/mol. The first-order chi connectivity index (χ1) is 9.84. The number of rotatable bonds is 2. The minimum atomic E-state index is -4.23. The lowest BCUT2D eigenvalue weighted by atomic mass is 9.85. The summed E-state index contributed by atoms with van der Waals surface area (Å²) in [6.07, 6.45) is -2.37. The minimum absolute atomic E-state index is 0.100. The van der Waals surface area contributed by atoms with E-state index in [0.717, 1.165) is 12.3 Å². The molecule has 1 fully saturated rings. The highest BCUT2D eigenvalue weighted by atomic mass is 19.4. The van der Waals surface area contributed by atoms with Gasteiger partial charge in [0.05, 0.1) is 12.1 Å². The van der Waals surface area contributed by atoms with Crippen LogP contribution in [0, 0.1) is 11.7 Å². The Morgan fingerprint density at radius 3 is 2.67 bits per heavy atom. The maximum Gasteiger partial charge on any atom is 0.391 e. The van der Waals surface area contributed by atoms with E-state index < -0.39 is 30.0 Å². The largest absolute Gasteiger partial charge is 0.391 e. The lowest BCUT2D eigenvalue weighted by molar-refractivity contribution is -0.183. The van der Waals surface area contributed by atoms with Crippen molar-refractivity contribution in [2.24, 2.45) is 5.92 Å². The van der Waals surface area contributed by atoms with Crippen molar-refractivity contribution in [3.8, 4) is 0 Å². The second-order valence-corrected chi connectivity index (χ2v) is 5.06. The average Bonchev–Trinajstić information content (AvgIpc) is 2.41. The summed E-state index contributed by atoms with van der Waals surface area (Å²) in [5.74, 6) is -1.78. The Morgan fingerprint density at radius 2 is 2.05 bits per heavy atom. The van der Waals surface area contributed by atoms with Gasteiger partial charge >= 0.3 is 12.2 Å². The van der Waals surface area contributed by atoms with Gasteiger partial charge in [-0.2, -0.15) is 13.2 Å². The zero-order valence-electron chi connectivity index (χ0n) is 11.1. The number of carbonyl (C=O) groups excluding carboxylic acids is 1. The van der Waals surface area contributed by atoms with Crippen molar-refractivity contribution in [3.63, 3.8) is 0 Å². The lowest BCUT2D eigenvalue weighted by Crippen LogP contribution is -2.43. The van der Waals surface area contributed by atoms with Crippen LogP contribution in [0.5, 0.6) is 0 Å². The number of halogens is 4. The summed E-state index contributed by atoms with van der Waals surface area (Å²) in [5.41, 5.74) is 0. The predicted molar refractivity (Wildman–Crippen MR) is 68.2 cm³/mol. The first kappa shape index (κ1) is 15.5. The predicted octanol–water partition coefficient (Wildman–Crippen LogP) is 3.46. The van der Waals surface area contributed by atoms with Gasteiger partial charge in [0.2, 0.25) is 0 Å². The first-order valence-corrected chi connectivity index (χ1v) is 6.60. The van der Waals surface area contributed by atoms with Crippen molar-refractivity contribution in [2.75, 3.05) is 5.32 Å². The van der Waals surface area contributed by atoms with Crippen LogP contribution in [0.3, 0.4) is 0 Å². The van der Waals surface area contributed by atoms with Gasteiger partial charge in [-0.1, -0.05) is 6.42 Å². The summed E-state index contributed by atoms with van der Waals surface area (Å²) >= 11 is 0. The van der Waals surface area contributed by atoms with E-state index in [1.54, 1.807) is 0 Å². The minimum Gasteiger partial charge on any atom is -0.335 e. The number of pyridine rings is 1. The molecule has 0 bridgehead atoms. The molecule has 1 aromatic rings. The van der Waals surface area contributed by atoms with Gasteiger partial charge in [0, 0.05) is 6.04 Å². The normalized spacial score (nSPS) is 22.7. The number of aromatic nitrogens is 1. The lowest BCUT2D eigenvalue weighted by Gasteiger charge is -2.30. The van der Waals surface area contributed by atoms with Crippen LogP contribution in [0.4, 0.5) is 28.2 Å². The van der Waals surface area contributed by atoms with Gasteiger partial charge in [-0.05, 0) is 31.4 Å². The van der Waals surface area contributed by atoms with Crippen molar-refractivity contribution in [3.05, 3.63) is 24.1 Å². The third-order valence-electron chi connectivity index (χ3n) is 3.44. The molecule has 0 unspecified atom stereocenters. The Bertz CT molecular complexity index is 489. The topological polar surface area (TPSA) is 54.0 Å². The molecule has 0 aliphatic heterocycles. The van der Waals surface area contributed by atoms with E-state index in [-0.39, 0.29) is 18.7 Å². The van der Waals surface area contributed by atoms with Gasteiger partial charge in [-0.15, -0.1) is 0 Å². The Labute approximate surface area is 118 Å². The quantitative estimate of drug-likeness (QED) is 0.822. The van der Waals surface area contributed by atoms with E-state index >= 15 is 0 Å². The number of hydrogen-bond acceptors (Lipinski definition) is 2. The van der Waals surface area contributed by atoms with E-state index in [1.165, 1.54) is 6.07 Å². The van der Waals surface area contributed by atoms with Crippen LogP contribution in [0.25, 0.3) is 0 Å².